The van der Waals surface area contributed by atoms with Gasteiger partial charge in [0.2, 0.25) is 5.95 Å². The molecule has 9 aromatic carbocycles. The lowest BCUT2D eigenvalue weighted by Crippen LogP contribution is -2.43. The van der Waals surface area contributed by atoms with Gasteiger partial charge in [0, 0.05) is 21.9 Å². The molecule has 4 heteroatoms. The van der Waals surface area contributed by atoms with Crippen LogP contribution in [-0.2, 0) is 10.8 Å². The maximum Gasteiger partial charge on any atom is 0.238 e. The lowest BCUT2D eigenvalue weighted by Gasteiger charge is -2.48. The molecule has 11 aromatic rings. The maximum absolute atomic E-state index is 5.27. The highest BCUT2D eigenvalue weighted by molar-refractivity contribution is 6.18. The van der Waals surface area contributed by atoms with E-state index in [4.69, 9.17) is 15.0 Å². The van der Waals surface area contributed by atoms with Crippen molar-refractivity contribution in [1.82, 2.24) is 19.5 Å². The fourth-order valence-corrected chi connectivity index (χ4v) is 11.9. The maximum atomic E-state index is 5.27. The van der Waals surface area contributed by atoms with Crippen LogP contribution in [0.1, 0.15) is 44.5 Å². The van der Waals surface area contributed by atoms with Gasteiger partial charge in [0.25, 0.3) is 0 Å². The summed E-state index contributed by atoms with van der Waals surface area (Å²) in [5, 5.41) is 2.36. The van der Waals surface area contributed by atoms with Crippen molar-refractivity contribution < 1.29 is 0 Å². The number of rotatable bonds is 3. The van der Waals surface area contributed by atoms with Crippen molar-refractivity contribution in [1.29, 1.82) is 0 Å². The van der Waals surface area contributed by atoms with Gasteiger partial charge >= 0.3 is 0 Å². The summed E-state index contributed by atoms with van der Waals surface area (Å²) in [6, 6.07) is 79.8. The molecule has 2 spiro atoms. The van der Waals surface area contributed by atoms with Crippen LogP contribution in [0.4, 0.5) is 0 Å². The van der Waals surface area contributed by atoms with E-state index in [0.29, 0.717) is 17.6 Å². The molecule has 3 aliphatic carbocycles. The van der Waals surface area contributed by atoms with Gasteiger partial charge in [0.05, 0.1) is 21.9 Å². The zero-order valence-electron chi connectivity index (χ0n) is 34.1. The molecule has 292 valence electrons. The van der Waals surface area contributed by atoms with E-state index in [1.807, 2.05) is 36.4 Å². The van der Waals surface area contributed by atoms with Crippen molar-refractivity contribution in [2.75, 3.05) is 0 Å². The summed E-state index contributed by atoms with van der Waals surface area (Å²) in [6.45, 7) is 0. The summed E-state index contributed by atoms with van der Waals surface area (Å²) in [6.07, 6.45) is 0. The lowest BCUT2D eigenvalue weighted by molar-refractivity contribution is 0.633. The van der Waals surface area contributed by atoms with Gasteiger partial charge in [-0.05, 0) is 78.9 Å². The molecular formula is C59H36N4. The van der Waals surface area contributed by atoms with Crippen LogP contribution in [0.3, 0.4) is 0 Å². The Bertz CT molecular complexity index is 3540. The highest BCUT2D eigenvalue weighted by Gasteiger charge is 2.59. The summed E-state index contributed by atoms with van der Waals surface area (Å²) in [4.78, 5) is 15.6. The summed E-state index contributed by atoms with van der Waals surface area (Å²) in [5.74, 6) is 1.86. The summed E-state index contributed by atoms with van der Waals surface area (Å²) < 4.78 is 2.25. The summed E-state index contributed by atoms with van der Waals surface area (Å²) in [7, 11) is 0. The molecule has 0 saturated carbocycles. The molecule has 0 atom stereocenters. The Labute approximate surface area is 364 Å². The average molecular weight is 801 g/mol. The van der Waals surface area contributed by atoms with Crippen LogP contribution >= 0.6 is 0 Å². The molecule has 0 amide bonds. The highest BCUT2D eigenvalue weighted by Crippen LogP contribution is 2.68. The van der Waals surface area contributed by atoms with Gasteiger partial charge in [-0.25, -0.2) is 4.98 Å². The summed E-state index contributed by atoms with van der Waals surface area (Å²) in [5.41, 5.74) is 18.6. The largest absolute Gasteiger partial charge is 0.278 e. The fraction of sp³-hybridized carbons (Fsp3) is 0.0339. The Morgan fingerprint density at radius 2 is 0.714 bits per heavy atom. The van der Waals surface area contributed by atoms with Gasteiger partial charge in [-0.15, -0.1) is 0 Å². The summed E-state index contributed by atoms with van der Waals surface area (Å²) >= 11 is 0. The lowest BCUT2D eigenvalue weighted by atomic mass is 9.52. The number of aromatic nitrogens is 4. The van der Waals surface area contributed by atoms with Crippen molar-refractivity contribution >= 4 is 21.8 Å². The Morgan fingerprint density at radius 1 is 0.302 bits per heavy atom. The minimum Gasteiger partial charge on any atom is -0.278 e. The van der Waals surface area contributed by atoms with E-state index in [0.717, 1.165) is 27.5 Å². The standard InChI is InChI=1S/C59H36N4/c1-3-19-37(20-4-1)55-60-56(38-21-5-2-6-22-38)62-57(61-55)63-51-34-18-10-26-42(51)54-52(63)36-35-50-53(54)41-25-9-13-29-45(41)59(50)48-32-16-14-30-46(48)58(47-31-15-17-33-49(47)59)43-27-11-7-23-39(43)40-24-8-12-28-44(40)58/h1-36H. The van der Waals surface area contributed by atoms with E-state index in [1.165, 1.54) is 72.1 Å². The minimum atomic E-state index is -0.595. The van der Waals surface area contributed by atoms with Crippen LogP contribution in [0, 0.1) is 0 Å². The van der Waals surface area contributed by atoms with Crippen LogP contribution in [0.5, 0.6) is 0 Å². The first kappa shape index (κ1) is 34.5. The third-order valence-corrected chi connectivity index (χ3v) is 14.2. The Morgan fingerprint density at radius 3 is 1.25 bits per heavy atom. The molecule has 2 aromatic heterocycles. The smallest absolute Gasteiger partial charge is 0.238 e. The van der Waals surface area contributed by atoms with Crippen LogP contribution in [-0.4, -0.2) is 19.5 Å². The van der Waals surface area contributed by atoms with Gasteiger partial charge in [-0.2, -0.15) is 9.97 Å². The molecule has 0 unspecified atom stereocenters. The van der Waals surface area contributed by atoms with E-state index in [2.05, 4.69) is 187 Å². The van der Waals surface area contributed by atoms with Crippen molar-refractivity contribution in [2.24, 2.45) is 0 Å². The van der Waals surface area contributed by atoms with Gasteiger partial charge in [-0.1, -0.05) is 206 Å². The molecule has 0 aliphatic heterocycles. The molecule has 4 nitrogen and oxygen atoms in total. The van der Waals surface area contributed by atoms with Gasteiger partial charge in [0.1, 0.15) is 0 Å². The van der Waals surface area contributed by atoms with Gasteiger partial charge in [0.15, 0.2) is 11.6 Å². The molecule has 3 aliphatic rings. The zero-order chi connectivity index (χ0) is 41.3. The fourth-order valence-electron chi connectivity index (χ4n) is 11.9. The third-order valence-electron chi connectivity index (χ3n) is 14.2. The molecule has 0 radical (unpaired) electrons. The molecule has 2 heterocycles. The van der Waals surface area contributed by atoms with E-state index in [-0.39, 0.29) is 0 Å². The van der Waals surface area contributed by atoms with E-state index >= 15 is 0 Å². The topological polar surface area (TPSA) is 43.6 Å². The molecule has 63 heavy (non-hydrogen) atoms. The van der Waals surface area contributed by atoms with Crippen LogP contribution < -0.4 is 0 Å². The second kappa shape index (κ2) is 12.7. The second-order valence-corrected chi connectivity index (χ2v) is 17.0. The highest BCUT2D eigenvalue weighted by atomic mass is 15.2. The molecule has 0 saturated heterocycles. The number of hydrogen-bond acceptors (Lipinski definition) is 3. The minimum absolute atomic E-state index is 0.491. The first-order chi connectivity index (χ1) is 31.3. The Hall–Kier alpha value is -8.21. The first-order valence-corrected chi connectivity index (χ1v) is 21.7. The molecule has 0 fully saturated rings. The normalized spacial score (nSPS) is 14.3. The van der Waals surface area contributed by atoms with E-state index in [1.54, 1.807) is 0 Å². The Balaban J connectivity index is 1.10. The number of hydrogen-bond donors (Lipinski definition) is 0. The number of nitrogens with zero attached hydrogens (tertiary/aromatic N) is 4. The van der Waals surface area contributed by atoms with Crippen molar-refractivity contribution in [3.05, 3.63) is 263 Å². The third kappa shape index (κ3) is 4.32. The monoisotopic (exact) mass is 800 g/mol. The molecule has 0 N–H and O–H groups in total. The van der Waals surface area contributed by atoms with Gasteiger partial charge in [-0.3, -0.25) is 4.57 Å². The van der Waals surface area contributed by atoms with E-state index < -0.39 is 10.8 Å². The number of para-hydroxylation sites is 1. The van der Waals surface area contributed by atoms with E-state index in [9.17, 15) is 0 Å². The van der Waals surface area contributed by atoms with Crippen LogP contribution in [0.25, 0.3) is 72.8 Å². The predicted octanol–water partition coefficient (Wildman–Crippen LogP) is 13.3. The zero-order valence-corrected chi connectivity index (χ0v) is 34.1. The average Bonchev–Trinajstić information content (AvgIpc) is 3.97. The molecule has 0 bridgehead atoms. The number of benzene rings is 9. The quantitative estimate of drug-likeness (QED) is 0.179. The SMILES string of the molecule is c1ccc(-c2nc(-c3ccccc3)nc(-n3c4ccccc4c4c5c(ccc43)C3(c4ccccc4-5)c4ccccc4C4(c5ccccc5-c5ccccc54)c4ccccc43)n2)cc1. The van der Waals surface area contributed by atoms with Crippen molar-refractivity contribution in [3.63, 3.8) is 0 Å². The first-order valence-electron chi connectivity index (χ1n) is 21.7. The van der Waals surface area contributed by atoms with Crippen molar-refractivity contribution in [3.8, 4) is 51.0 Å². The number of fused-ring (bicyclic) bond motifs is 20. The second-order valence-electron chi connectivity index (χ2n) is 17.0. The van der Waals surface area contributed by atoms with Crippen LogP contribution in [0.15, 0.2) is 218 Å². The van der Waals surface area contributed by atoms with Crippen LogP contribution in [0.2, 0.25) is 0 Å². The predicted molar refractivity (Wildman–Crippen MR) is 253 cm³/mol. The Kier molecular flexibility index (Phi) is 6.94. The molecule has 14 rings (SSSR count). The molecular weight excluding hydrogens is 765 g/mol. The van der Waals surface area contributed by atoms with Gasteiger partial charge < -0.3 is 0 Å². The van der Waals surface area contributed by atoms with Crippen molar-refractivity contribution in [2.45, 2.75) is 10.8 Å².